The van der Waals surface area contributed by atoms with E-state index < -0.39 is 5.54 Å². The average molecular weight is 420 g/mol. The van der Waals surface area contributed by atoms with Crippen molar-refractivity contribution in [2.45, 2.75) is 26.3 Å². The summed E-state index contributed by atoms with van der Waals surface area (Å²) in [5, 5.41) is 4.24. The minimum Gasteiger partial charge on any atom is -0.359 e. The molecule has 0 aliphatic carbocycles. The quantitative estimate of drug-likeness (QED) is 0.481. The molecule has 5 nitrogen and oxygen atoms in total. The molecule has 2 aromatic heterocycles. The smallest absolute Gasteiger partial charge is 0.270 e. The molecular formula is C24H22ClN3O2. The average Bonchev–Trinajstić information content (AvgIpc) is 3.16. The monoisotopic (exact) mass is 419 g/mol. The van der Waals surface area contributed by atoms with Gasteiger partial charge in [0, 0.05) is 27.8 Å². The van der Waals surface area contributed by atoms with Gasteiger partial charge in [-0.05, 0) is 56.7 Å². The zero-order valence-corrected chi connectivity index (χ0v) is 17.7. The van der Waals surface area contributed by atoms with E-state index in [4.69, 9.17) is 11.6 Å². The Morgan fingerprint density at radius 3 is 2.30 bits per heavy atom. The lowest BCUT2D eigenvalue weighted by molar-refractivity contribution is 0.0913. The fraction of sp³-hybridized carbons (Fsp3) is 0.167. The third-order valence-corrected chi connectivity index (χ3v) is 5.00. The van der Waals surface area contributed by atoms with Gasteiger partial charge in [0.25, 0.3) is 11.5 Å². The van der Waals surface area contributed by atoms with Crippen molar-refractivity contribution in [2.75, 3.05) is 0 Å². The van der Waals surface area contributed by atoms with Crippen LogP contribution >= 0.6 is 11.6 Å². The Bertz CT molecular complexity index is 1280. The van der Waals surface area contributed by atoms with Crippen molar-refractivity contribution in [1.82, 2.24) is 14.9 Å². The lowest BCUT2D eigenvalue weighted by Crippen LogP contribution is -2.43. The minimum absolute atomic E-state index is 0.261. The van der Waals surface area contributed by atoms with Crippen LogP contribution in [0.4, 0.5) is 0 Å². The summed E-state index contributed by atoms with van der Waals surface area (Å²) in [6.45, 7) is 5.71. The number of carbonyl (C=O) groups excluding carboxylic acids is 1. The molecule has 4 aromatic rings. The van der Waals surface area contributed by atoms with Gasteiger partial charge in [-0.3, -0.25) is 14.2 Å². The number of rotatable bonds is 3. The second-order valence-corrected chi connectivity index (χ2v) is 8.61. The van der Waals surface area contributed by atoms with Crippen LogP contribution in [0.3, 0.4) is 0 Å². The highest BCUT2D eigenvalue weighted by Crippen LogP contribution is 2.29. The van der Waals surface area contributed by atoms with Crippen LogP contribution in [0.25, 0.3) is 27.7 Å². The summed E-state index contributed by atoms with van der Waals surface area (Å²) in [6.07, 6.45) is 1.75. The number of H-pyrrole nitrogens is 1. The molecule has 0 saturated carbocycles. The molecule has 0 aliphatic heterocycles. The Labute approximate surface area is 179 Å². The highest BCUT2D eigenvalue weighted by Gasteiger charge is 2.26. The van der Waals surface area contributed by atoms with E-state index in [1.54, 1.807) is 30.5 Å². The number of hydrogen-bond acceptors (Lipinski definition) is 2. The molecule has 0 unspecified atom stereocenters. The van der Waals surface area contributed by atoms with Crippen molar-refractivity contribution in [3.05, 3.63) is 87.9 Å². The fourth-order valence-electron chi connectivity index (χ4n) is 3.55. The standard InChI is InChI=1S/C24H22ClN3O2/c1-24(2,3)27-22(29)21-20-18(13-14-26-20)19(15-7-5-4-6-8-15)23(30)28(21)17-11-9-16(25)10-12-17/h4-14,26H,1-3H3,(H,27,29). The number of pyridine rings is 1. The molecule has 0 radical (unpaired) electrons. The number of nitrogens with zero attached hydrogens (tertiary/aromatic N) is 1. The largest absolute Gasteiger partial charge is 0.359 e. The molecule has 152 valence electrons. The van der Waals surface area contributed by atoms with E-state index in [-0.39, 0.29) is 17.2 Å². The number of nitrogens with one attached hydrogen (secondary N) is 2. The van der Waals surface area contributed by atoms with Crippen molar-refractivity contribution in [3.8, 4) is 16.8 Å². The van der Waals surface area contributed by atoms with Crippen LogP contribution in [-0.4, -0.2) is 21.0 Å². The number of halogens is 1. The summed E-state index contributed by atoms with van der Waals surface area (Å²) in [5.74, 6) is -0.332. The molecule has 0 fully saturated rings. The molecule has 2 N–H and O–H groups in total. The summed E-state index contributed by atoms with van der Waals surface area (Å²) in [6, 6.07) is 18.2. The number of aromatic nitrogens is 2. The predicted octanol–water partition coefficient (Wildman–Crippen LogP) is 5.17. The lowest BCUT2D eigenvalue weighted by atomic mass is 10.0. The molecule has 6 heteroatoms. The van der Waals surface area contributed by atoms with E-state index in [1.807, 2.05) is 57.2 Å². The van der Waals surface area contributed by atoms with E-state index in [0.29, 0.717) is 27.2 Å². The highest BCUT2D eigenvalue weighted by atomic mass is 35.5. The van der Waals surface area contributed by atoms with Crippen LogP contribution in [0.1, 0.15) is 31.3 Å². The number of fused-ring (bicyclic) bond motifs is 1. The zero-order chi connectivity index (χ0) is 21.5. The van der Waals surface area contributed by atoms with Gasteiger partial charge in [0.2, 0.25) is 0 Å². The normalized spacial score (nSPS) is 11.6. The maximum Gasteiger partial charge on any atom is 0.270 e. The topological polar surface area (TPSA) is 66.9 Å². The number of benzene rings is 2. The van der Waals surface area contributed by atoms with Crippen LogP contribution in [0.2, 0.25) is 5.02 Å². The summed E-state index contributed by atoms with van der Waals surface area (Å²) in [5.41, 5.74) is 2.02. The molecule has 0 saturated heterocycles. The molecular weight excluding hydrogens is 398 g/mol. The van der Waals surface area contributed by atoms with E-state index in [9.17, 15) is 9.59 Å². The Balaban J connectivity index is 2.11. The molecule has 1 amide bonds. The Hall–Kier alpha value is -3.31. The Morgan fingerprint density at radius 2 is 1.67 bits per heavy atom. The van der Waals surface area contributed by atoms with Gasteiger partial charge in [-0.1, -0.05) is 41.9 Å². The van der Waals surface area contributed by atoms with E-state index in [0.717, 1.165) is 5.56 Å². The predicted molar refractivity (Wildman–Crippen MR) is 122 cm³/mol. The van der Waals surface area contributed by atoms with Crippen LogP contribution in [-0.2, 0) is 0 Å². The van der Waals surface area contributed by atoms with Gasteiger partial charge in [-0.2, -0.15) is 0 Å². The second kappa shape index (κ2) is 7.50. The second-order valence-electron chi connectivity index (χ2n) is 8.18. The third kappa shape index (κ3) is 3.64. The van der Waals surface area contributed by atoms with Crippen molar-refractivity contribution < 1.29 is 4.79 Å². The van der Waals surface area contributed by atoms with Crippen molar-refractivity contribution in [3.63, 3.8) is 0 Å². The first-order valence-electron chi connectivity index (χ1n) is 9.66. The SMILES string of the molecule is CC(C)(C)NC(=O)c1c2[nH]ccc2c(-c2ccccc2)c(=O)n1-c1ccc(Cl)cc1. The molecule has 2 aromatic carbocycles. The van der Waals surface area contributed by atoms with Gasteiger partial charge in [0.05, 0.1) is 11.1 Å². The van der Waals surface area contributed by atoms with E-state index >= 15 is 0 Å². The first-order valence-corrected chi connectivity index (χ1v) is 10.0. The van der Waals surface area contributed by atoms with Crippen LogP contribution in [0.5, 0.6) is 0 Å². The molecule has 30 heavy (non-hydrogen) atoms. The van der Waals surface area contributed by atoms with Crippen LogP contribution in [0.15, 0.2) is 71.7 Å². The Morgan fingerprint density at radius 1 is 1.00 bits per heavy atom. The van der Waals surface area contributed by atoms with Gasteiger partial charge in [-0.25, -0.2) is 0 Å². The van der Waals surface area contributed by atoms with Gasteiger partial charge >= 0.3 is 0 Å². The van der Waals surface area contributed by atoms with Gasteiger partial charge in [-0.15, -0.1) is 0 Å². The van der Waals surface area contributed by atoms with Crippen molar-refractivity contribution in [1.29, 1.82) is 0 Å². The van der Waals surface area contributed by atoms with Crippen molar-refractivity contribution in [2.24, 2.45) is 0 Å². The zero-order valence-electron chi connectivity index (χ0n) is 17.0. The van der Waals surface area contributed by atoms with E-state index in [2.05, 4.69) is 10.3 Å². The first-order chi connectivity index (χ1) is 14.3. The maximum absolute atomic E-state index is 13.8. The number of hydrogen-bond donors (Lipinski definition) is 2. The summed E-state index contributed by atoms with van der Waals surface area (Å²) >= 11 is 6.06. The highest BCUT2D eigenvalue weighted by molar-refractivity contribution is 6.30. The summed E-state index contributed by atoms with van der Waals surface area (Å²) in [4.78, 5) is 30.3. The van der Waals surface area contributed by atoms with Crippen LogP contribution < -0.4 is 10.9 Å². The van der Waals surface area contributed by atoms with Gasteiger partial charge in [0.1, 0.15) is 5.69 Å². The fourth-order valence-corrected chi connectivity index (χ4v) is 3.68. The molecule has 0 aliphatic rings. The summed E-state index contributed by atoms with van der Waals surface area (Å²) < 4.78 is 1.46. The maximum atomic E-state index is 13.8. The lowest BCUT2D eigenvalue weighted by Gasteiger charge is -2.23. The molecule has 0 spiro atoms. The molecule has 0 bridgehead atoms. The van der Waals surface area contributed by atoms with Gasteiger partial charge < -0.3 is 10.3 Å². The molecule has 2 heterocycles. The first kappa shape index (κ1) is 20.0. The summed E-state index contributed by atoms with van der Waals surface area (Å²) in [7, 11) is 0. The molecule has 0 atom stereocenters. The number of amides is 1. The van der Waals surface area contributed by atoms with E-state index in [1.165, 1.54) is 4.57 Å². The Kier molecular flexibility index (Phi) is 5.00. The number of carbonyl (C=O) groups is 1. The van der Waals surface area contributed by atoms with Crippen LogP contribution in [0, 0.1) is 0 Å². The third-order valence-electron chi connectivity index (χ3n) is 4.74. The van der Waals surface area contributed by atoms with Crippen molar-refractivity contribution >= 4 is 28.4 Å². The number of aromatic amines is 1. The van der Waals surface area contributed by atoms with Gasteiger partial charge in [0.15, 0.2) is 0 Å². The minimum atomic E-state index is -0.463. The molecule has 4 rings (SSSR count).